The van der Waals surface area contributed by atoms with Crippen LogP contribution in [-0.2, 0) is 0 Å². The highest BCUT2D eigenvalue weighted by Crippen LogP contribution is 2.43. The van der Waals surface area contributed by atoms with Gasteiger partial charge in [0.2, 0.25) is 0 Å². The highest BCUT2D eigenvalue weighted by molar-refractivity contribution is 6.09. The fourth-order valence-corrected chi connectivity index (χ4v) is 5.31. The van der Waals surface area contributed by atoms with Gasteiger partial charge in [0.1, 0.15) is 0 Å². The van der Waals surface area contributed by atoms with Gasteiger partial charge in [0.15, 0.2) is 0 Å². The summed E-state index contributed by atoms with van der Waals surface area (Å²) in [6.07, 6.45) is 5.57. The van der Waals surface area contributed by atoms with Gasteiger partial charge in [-0.2, -0.15) is 0 Å². The molecule has 0 amide bonds. The number of fused-ring (bicyclic) bond motifs is 3. The van der Waals surface area contributed by atoms with Crippen molar-refractivity contribution in [3.63, 3.8) is 0 Å². The molecular weight excluding hydrogens is 316 g/mol. The quantitative estimate of drug-likeness (QED) is 0.663. The minimum Gasteiger partial charge on any atom is -0.314 e. The third kappa shape index (κ3) is 2.82. The van der Waals surface area contributed by atoms with Gasteiger partial charge in [0, 0.05) is 32.2 Å². The Bertz CT molecular complexity index is 904. The van der Waals surface area contributed by atoms with Crippen LogP contribution in [0, 0.1) is 5.92 Å². The Labute approximate surface area is 156 Å². The molecule has 0 aromatic heterocycles. The van der Waals surface area contributed by atoms with Crippen LogP contribution in [0.4, 0.5) is 0 Å². The number of hydrogen-bond donors (Lipinski definition) is 1. The maximum absolute atomic E-state index is 3.54. The first kappa shape index (κ1) is 16.3. The van der Waals surface area contributed by atoms with Gasteiger partial charge in [-0.25, -0.2) is 0 Å². The van der Waals surface area contributed by atoms with Crippen LogP contribution in [0.3, 0.4) is 0 Å². The summed E-state index contributed by atoms with van der Waals surface area (Å²) in [5.41, 5.74) is 1.56. The molecule has 1 aliphatic heterocycles. The molecule has 26 heavy (non-hydrogen) atoms. The Morgan fingerprint density at radius 3 is 2.23 bits per heavy atom. The van der Waals surface area contributed by atoms with E-state index in [1.807, 2.05) is 0 Å². The summed E-state index contributed by atoms with van der Waals surface area (Å²) in [5.74, 6) is 0.803. The van der Waals surface area contributed by atoms with Gasteiger partial charge in [-0.05, 0) is 51.9 Å². The van der Waals surface area contributed by atoms with Gasteiger partial charge in [-0.3, -0.25) is 4.90 Å². The lowest BCUT2D eigenvalue weighted by Crippen LogP contribution is -2.46. The molecule has 134 valence electrons. The third-order valence-electron chi connectivity index (χ3n) is 6.51. The maximum atomic E-state index is 3.54. The summed E-state index contributed by atoms with van der Waals surface area (Å²) >= 11 is 0. The Kier molecular flexibility index (Phi) is 4.40. The second-order valence-electron chi connectivity index (χ2n) is 8.01. The van der Waals surface area contributed by atoms with Crippen molar-refractivity contribution in [1.29, 1.82) is 0 Å². The second kappa shape index (κ2) is 7.02. The van der Waals surface area contributed by atoms with E-state index < -0.39 is 0 Å². The predicted molar refractivity (Wildman–Crippen MR) is 111 cm³/mol. The molecule has 1 N–H and O–H groups in total. The molecule has 0 spiro atoms. The Morgan fingerprint density at radius 2 is 1.46 bits per heavy atom. The molecule has 1 saturated carbocycles. The normalized spacial score (nSPS) is 20.8. The van der Waals surface area contributed by atoms with Crippen LogP contribution in [0.25, 0.3) is 21.5 Å². The lowest BCUT2D eigenvalue weighted by Gasteiger charge is -2.39. The molecule has 1 heterocycles. The summed E-state index contributed by atoms with van der Waals surface area (Å²) in [4.78, 5) is 2.77. The average molecular weight is 345 g/mol. The van der Waals surface area contributed by atoms with Crippen molar-refractivity contribution in [3.05, 3.63) is 60.2 Å². The molecule has 2 fully saturated rings. The van der Waals surface area contributed by atoms with Crippen LogP contribution in [-0.4, -0.2) is 31.1 Å². The molecule has 3 aromatic rings. The first-order valence-electron chi connectivity index (χ1n) is 10.3. The first-order chi connectivity index (χ1) is 12.9. The Hall–Kier alpha value is -1.90. The van der Waals surface area contributed by atoms with Crippen LogP contribution in [0.1, 0.15) is 37.3 Å². The maximum Gasteiger partial charge on any atom is 0.0383 e. The number of benzene rings is 3. The number of rotatable bonds is 3. The molecule has 1 saturated heterocycles. The number of nitrogens with zero attached hydrogens (tertiary/aromatic N) is 1. The first-order valence-corrected chi connectivity index (χ1v) is 10.3. The van der Waals surface area contributed by atoms with E-state index in [1.165, 1.54) is 60.3 Å². The van der Waals surface area contributed by atoms with Crippen LogP contribution < -0.4 is 5.32 Å². The zero-order valence-corrected chi connectivity index (χ0v) is 15.5. The minimum atomic E-state index is 0.564. The molecule has 2 nitrogen and oxygen atoms in total. The van der Waals surface area contributed by atoms with Crippen molar-refractivity contribution in [2.24, 2.45) is 5.92 Å². The summed E-state index contributed by atoms with van der Waals surface area (Å²) < 4.78 is 0. The Morgan fingerprint density at radius 1 is 0.808 bits per heavy atom. The van der Waals surface area contributed by atoms with Crippen molar-refractivity contribution in [3.8, 4) is 0 Å². The van der Waals surface area contributed by atoms with Gasteiger partial charge in [-0.1, -0.05) is 61.4 Å². The van der Waals surface area contributed by atoms with E-state index in [0.29, 0.717) is 6.04 Å². The monoisotopic (exact) mass is 344 g/mol. The van der Waals surface area contributed by atoms with Gasteiger partial charge in [-0.15, -0.1) is 0 Å². The Balaban J connectivity index is 1.72. The van der Waals surface area contributed by atoms with Crippen molar-refractivity contribution in [1.82, 2.24) is 10.2 Å². The van der Waals surface area contributed by atoms with Gasteiger partial charge < -0.3 is 5.32 Å². The highest BCUT2D eigenvalue weighted by Gasteiger charge is 2.33. The molecule has 2 aliphatic rings. The highest BCUT2D eigenvalue weighted by atomic mass is 15.2. The number of nitrogens with one attached hydrogen (secondary N) is 1. The SMILES string of the molecule is c1ccc2c(c1)cc([C@@H](C1CCCC1)N1CCNCC1)c1ccccc12. The molecule has 3 aromatic carbocycles. The predicted octanol–water partition coefficient (Wildman–Crippen LogP) is 5.13. The molecule has 5 rings (SSSR count). The topological polar surface area (TPSA) is 15.3 Å². The molecule has 1 aliphatic carbocycles. The summed E-state index contributed by atoms with van der Waals surface area (Å²) in [7, 11) is 0. The van der Waals surface area contributed by atoms with Crippen LogP contribution in [0.2, 0.25) is 0 Å². The molecule has 0 radical (unpaired) electrons. The molecule has 0 unspecified atom stereocenters. The lowest BCUT2D eigenvalue weighted by molar-refractivity contribution is 0.126. The fraction of sp³-hybridized carbons (Fsp3) is 0.417. The molecular formula is C24H28N2. The molecule has 2 heteroatoms. The molecule has 1 atom stereocenters. The summed E-state index contributed by atoms with van der Waals surface area (Å²) in [5, 5.41) is 9.19. The van der Waals surface area contributed by atoms with E-state index in [4.69, 9.17) is 0 Å². The number of hydrogen-bond acceptors (Lipinski definition) is 2. The summed E-state index contributed by atoms with van der Waals surface area (Å²) in [6.45, 7) is 4.58. The zero-order valence-electron chi connectivity index (χ0n) is 15.5. The van der Waals surface area contributed by atoms with E-state index in [-0.39, 0.29) is 0 Å². The van der Waals surface area contributed by atoms with E-state index in [1.54, 1.807) is 5.56 Å². The van der Waals surface area contributed by atoms with Crippen molar-refractivity contribution in [2.75, 3.05) is 26.2 Å². The van der Waals surface area contributed by atoms with Crippen molar-refractivity contribution in [2.45, 2.75) is 31.7 Å². The fourth-order valence-electron chi connectivity index (χ4n) is 5.31. The third-order valence-corrected chi connectivity index (χ3v) is 6.51. The minimum absolute atomic E-state index is 0.564. The number of piperazine rings is 1. The summed E-state index contributed by atoms with van der Waals surface area (Å²) in [6, 6.07) is 21.0. The van der Waals surface area contributed by atoms with Crippen molar-refractivity contribution < 1.29 is 0 Å². The largest absolute Gasteiger partial charge is 0.314 e. The zero-order chi connectivity index (χ0) is 17.3. The van der Waals surface area contributed by atoms with Crippen LogP contribution in [0.5, 0.6) is 0 Å². The van der Waals surface area contributed by atoms with E-state index in [9.17, 15) is 0 Å². The van der Waals surface area contributed by atoms with Gasteiger partial charge in [0.05, 0.1) is 0 Å². The van der Waals surface area contributed by atoms with E-state index >= 15 is 0 Å². The van der Waals surface area contributed by atoms with Gasteiger partial charge >= 0.3 is 0 Å². The average Bonchev–Trinajstić information content (AvgIpc) is 3.23. The molecule has 0 bridgehead atoms. The van der Waals surface area contributed by atoms with Crippen LogP contribution in [0.15, 0.2) is 54.6 Å². The standard InChI is InChI=1S/C24H28N2/c1-2-8-18(7-1)24(26-15-13-25-14-16-26)23-17-19-9-3-4-10-20(19)21-11-5-6-12-22(21)23/h3-6,9-12,17-18,24-25H,1-2,7-8,13-16H2/t24-/m1/s1. The second-order valence-corrected chi connectivity index (χ2v) is 8.01. The van der Waals surface area contributed by atoms with Crippen molar-refractivity contribution >= 4 is 21.5 Å². The van der Waals surface area contributed by atoms with E-state index in [0.717, 1.165) is 19.0 Å². The van der Waals surface area contributed by atoms with E-state index in [2.05, 4.69) is 64.8 Å². The smallest absolute Gasteiger partial charge is 0.0383 e. The van der Waals surface area contributed by atoms with Gasteiger partial charge in [0.25, 0.3) is 0 Å². The van der Waals surface area contributed by atoms with Crippen LogP contribution >= 0.6 is 0 Å². The lowest BCUT2D eigenvalue weighted by atomic mass is 9.85.